The van der Waals surface area contributed by atoms with E-state index >= 15 is 0 Å². The Morgan fingerprint density at radius 1 is 1.15 bits per heavy atom. The second-order valence-electron chi connectivity index (χ2n) is 6.76. The van der Waals surface area contributed by atoms with E-state index in [-0.39, 0.29) is 18.6 Å². The number of rotatable bonds is 5. The maximum Gasteiger partial charge on any atom is 0.317 e. The Morgan fingerprint density at radius 2 is 1.85 bits per heavy atom. The van der Waals surface area contributed by atoms with E-state index < -0.39 is 0 Å². The molecule has 1 unspecified atom stereocenters. The summed E-state index contributed by atoms with van der Waals surface area (Å²) in [5, 5.41) is 0. The lowest BCUT2D eigenvalue weighted by molar-refractivity contribution is -0.136. The molecule has 0 bridgehead atoms. The molecule has 2 aromatic rings. The first-order valence-electron chi connectivity index (χ1n) is 8.96. The summed E-state index contributed by atoms with van der Waals surface area (Å²) in [5.41, 5.74) is 2.92. The van der Waals surface area contributed by atoms with E-state index in [1.54, 1.807) is 4.90 Å². The highest BCUT2D eigenvalue weighted by atomic mass is 16.5. The molecule has 2 heterocycles. The molecule has 1 atom stereocenters. The summed E-state index contributed by atoms with van der Waals surface area (Å²) in [6.07, 6.45) is 1.69. The first kappa shape index (κ1) is 18.2. The van der Waals surface area contributed by atoms with Crippen LogP contribution in [0, 0.1) is 20.8 Å². The summed E-state index contributed by atoms with van der Waals surface area (Å²) < 4.78 is 11.5. The normalized spacial score (nSPS) is 17.0. The van der Waals surface area contributed by atoms with Gasteiger partial charge in [-0.3, -0.25) is 4.79 Å². The molecule has 0 radical (unpaired) electrons. The smallest absolute Gasteiger partial charge is 0.317 e. The molecule has 6 nitrogen and oxygen atoms in total. The van der Waals surface area contributed by atoms with E-state index in [1.807, 2.05) is 51.1 Å². The minimum absolute atomic E-state index is 0.0276. The van der Waals surface area contributed by atoms with E-state index in [0.29, 0.717) is 18.3 Å². The summed E-state index contributed by atoms with van der Waals surface area (Å²) in [6, 6.07) is 9.98. The number of nitrogens with zero attached hydrogens (tertiary/aromatic N) is 3. The molecule has 26 heavy (non-hydrogen) atoms. The predicted molar refractivity (Wildman–Crippen MR) is 98.4 cm³/mol. The van der Waals surface area contributed by atoms with Crippen LogP contribution in [0.5, 0.6) is 11.8 Å². The summed E-state index contributed by atoms with van der Waals surface area (Å²) in [6.45, 7) is 7.15. The number of benzene rings is 1. The van der Waals surface area contributed by atoms with Gasteiger partial charge in [0, 0.05) is 17.9 Å². The largest absolute Gasteiger partial charge is 0.484 e. The van der Waals surface area contributed by atoms with Crippen molar-refractivity contribution in [3.05, 3.63) is 47.3 Å². The van der Waals surface area contributed by atoms with E-state index in [2.05, 4.69) is 9.97 Å². The van der Waals surface area contributed by atoms with Gasteiger partial charge >= 0.3 is 6.01 Å². The molecule has 1 aromatic heterocycles. The van der Waals surface area contributed by atoms with Crippen molar-refractivity contribution >= 4 is 5.91 Å². The molecule has 1 aliphatic rings. The molecule has 0 N–H and O–H groups in total. The summed E-state index contributed by atoms with van der Waals surface area (Å²) in [4.78, 5) is 22.9. The lowest BCUT2D eigenvalue weighted by atomic mass is 10.1. The van der Waals surface area contributed by atoms with Gasteiger partial charge < -0.3 is 14.4 Å². The molecule has 3 rings (SSSR count). The van der Waals surface area contributed by atoms with Crippen LogP contribution in [0.25, 0.3) is 0 Å². The number of amides is 1. The number of hydrogen-bond donors (Lipinski definition) is 0. The molecule has 0 aliphatic carbocycles. The Bertz CT molecular complexity index is 741. The van der Waals surface area contributed by atoms with Crippen LogP contribution >= 0.6 is 0 Å². The van der Waals surface area contributed by atoms with Crippen LogP contribution in [0.1, 0.15) is 29.8 Å². The molecular formula is C20H25N3O3. The molecule has 6 heteroatoms. The van der Waals surface area contributed by atoms with Crippen molar-refractivity contribution < 1.29 is 14.3 Å². The van der Waals surface area contributed by atoms with Gasteiger partial charge in [-0.15, -0.1) is 0 Å². The van der Waals surface area contributed by atoms with Crippen LogP contribution in [0.15, 0.2) is 30.3 Å². The Kier molecular flexibility index (Phi) is 5.71. The number of likely N-dealkylation sites (tertiary alicyclic amines) is 1. The zero-order valence-corrected chi connectivity index (χ0v) is 15.6. The number of carbonyl (C=O) groups excluding carboxylic acids is 1. The quantitative estimate of drug-likeness (QED) is 0.825. The van der Waals surface area contributed by atoms with Gasteiger partial charge in [-0.2, -0.15) is 0 Å². The van der Waals surface area contributed by atoms with Crippen molar-refractivity contribution in [1.82, 2.24) is 14.9 Å². The van der Waals surface area contributed by atoms with Gasteiger partial charge in [0.1, 0.15) is 11.9 Å². The summed E-state index contributed by atoms with van der Waals surface area (Å²) >= 11 is 0. The van der Waals surface area contributed by atoms with Crippen LogP contribution in [0.4, 0.5) is 0 Å². The number of aromatic nitrogens is 2. The topological polar surface area (TPSA) is 64.5 Å². The number of hydrogen-bond acceptors (Lipinski definition) is 5. The van der Waals surface area contributed by atoms with Crippen molar-refractivity contribution in [1.29, 1.82) is 0 Å². The van der Waals surface area contributed by atoms with Crippen molar-refractivity contribution in [3.8, 4) is 11.8 Å². The second kappa shape index (κ2) is 8.17. The average Bonchev–Trinajstić information content (AvgIpc) is 2.60. The maximum absolute atomic E-state index is 12.5. The van der Waals surface area contributed by atoms with Crippen molar-refractivity contribution in [2.45, 2.75) is 39.7 Å². The standard InChI is InChI=1S/C20H25N3O3/c1-14-6-8-17(9-7-14)25-13-19(24)23-10-4-5-18(12-23)26-20-21-15(2)11-16(3)22-20/h6-9,11,18H,4-5,10,12-13H2,1-3H3. The van der Waals surface area contributed by atoms with Crippen LogP contribution in [-0.4, -0.2) is 46.6 Å². The fourth-order valence-electron chi connectivity index (χ4n) is 3.03. The van der Waals surface area contributed by atoms with E-state index in [4.69, 9.17) is 9.47 Å². The van der Waals surface area contributed by atoms with Gasteiger partial charge in [0.25, 0.3) is 5.91 Å². The Labute approximate surface area is 154 Å². The number of aryl methyl sites for hydroxylation is 3. The number of carbonyl (C=O) groups is 1. The van der Waals surface area contributed by atoms with Crippen LogP contribution in [0.2, 0.25) is 0 Å². The van der Waals surface area contributed by atoms with Gasteiger partial charge in [0.05, 0.1) is 6.54 Å². The molecule has 0 saturated carbocycles. The first-order chi connectivity index (χ1) is 12.5. The first-order valence-corrected chi connectivity index (χ1v) is 8.96. The third-order valence-corrected chi connectivity index (χ3v) is 4.35. The van der Waals surface area contributed by atoms with Gasteiger partial charge in [-0.1, -0.05) is 17.7 Å². The third kappa shape index (κ3) is 4.94. The lowest BCUT2D eigenvalue weighted by Crippen LogP contribution is -2.46. The molecule has 0 spiro atoms. The third-order valence-electron chi connectivity index (χ3n) is 4.35. The molecule has 138 valence electrons. The van der Waals surface area contributed by atoms with E-state index in [9.17, 15) is 4.79 Å². The molecule has 1 aliphatic heterocycles. The minimum atomic E-state index is -0.0896. The fourth-order valence-corrected chi connectivity index (χ4v) is 3.03. The van der Waals surface area contributed by atoms with Gasteiger partial charge in [-0.05, 0) is 51.8 Å². The van der Waals surface area contributed by atoms with Crippen LogP contribution in [0.3, 0.4) is 0 Å². The Balaban J connectivity index is 1.53. The molecule has 1 saturated heterocycles. The highest BCUT2D eigenvalue weighted by Crippen LogP contribution is 2.17. The molecule has 1 amide bonds. The maximum atomic E-state index is 12.5. The Hall–Kier alpha value is -2.63. The lowest BCUT2D eigenvalue weighted by Gasteiger charge is -2.32. The highest BCUT2D eigenvalue weighted by molar-refractivity contribution is 5.77. The zero-order chi connectivity index (χ0) is 18.5. The average molecular weight is 355 g/mol. The fraction of sp³-hybridized carbons (Fsp3) is 0.450. The van der Waals surface area contributed by atoms with Crippen LogP contribution < -0.4 is 9.47 Å². The van der Waals surface area contributed by atoms with Crippen molar-refractivity contribution in [2.75, 3.05) is 19.7 Å². The monoisotopic (exact) mass is 355 g/mol. The molecule has 1 fully saturated rings. The highest BCUT2D eigenvalue weighted by Gasteiger charge is 2.26. The summed E-state index contributed by atoms with van der Waals surface area (Å²) in [7, 11) is 0. The SMILES string of the molecule is Cc1ccc(OCC(=O)N2CCCC(Oc3nc(C)cc(C)n3)C2)cc1. The Morgan fingerprint density at radius 3 is 2.54 bits per heavy atom. The second-order valence-corrected chi connectivity index (χ2v) is 6.76. The van der Waals surface area contributed by atoms with Gasteiger partial charge in [0.2, 0.25) is 0 Å². The van der Waals surface area contributed by atoms with Crippen LogP contribution in [-0.2, 0) is 4.79 Å². The van der Waals surface area contributed by atoms with Crippen molar-refractivity contribution in [2.24, 2.45) is 0 Å². The number of piperidine rings is 1. The van der Waals surface area contributed by atoms with E-state index in [1.165, 1.54) is 0 Å². The van der Waals surface area contributed by atoms with Gasteiger partial charge in [-0.25, -0.2) is 9.97 Å². The minimum Gasteiger partial charge on any atom is -0.484 e. The molecular weight excluding hydrogens is 330 g/mol. The predicted octanol–water partition coefficient (Wildman–Crippen LogP) is 2.85. The van der Waals surface area contributed by atoms with Crippen molar-refractivity contribution in [3.63, 3.8) is 0 Å². The summed E-state index contributed by atoms with van der Waals surface area (Å²) in [5.74, 6) is 0.678. The zero-order valence-electron chi connectivity index (χ0n) is 15.6. The molecule has 1 aromatic carbocycles. The number of ether oxygens (including phenoxy) is 2. The van der Waals surface area contributed by atoms with Gasteiger partial charge in [0.15, 0.2) is 6.61 Å². The van der Waals surface area contributed by atoms with E-state index in [0.717, 1.165) is 36.3 Å².